The summed E-state index contributed by atoms with van der Waals surface area (Å²) in [6.07, 6.45) is 0.566. The zero-order valence-electron chi connectivity index (χ0n) is 15.4. The number of nitrogens with zero attached hydrogens (tertiary/aromatic N) is 2. The number of halogens is 1. The van der Waals surface area contributed by atoms with Crippen LogP contribution < -0.4 is 9.64 Å². The lowest BCUT2D eigenvalue weighted by Crippen LogP contribution is -2.47. The van der Waals surface area contributed by atoms with E-state index in [0.717, 1.165) is 0 Å². The summed E-state index contributed by atoms with van der Waals surface area (Å²) in [4.78, 5) is 39.9. The van der Waals surface area contributed by atoms with Crippen LogP contribution in [0.5, 0.6) is 5.75 Å². The molecule has 27 heavy (non-hydrogen) atoms. The van der Waals surface area contributed by atoms with Crippen molar-refractivity contribution in [2.75, 3.05) is 31.6 Å². The van der Waals surface area contributed by atoms with Gasteiger partial charge in [-0.15, -0.1) is 0 Å². The fourth-order valence-corrected chi connectivity index (χ4v) is 4.12. The predicted molar refractivity (Wildman–Crippen MR) is 100.0 cm³/mol. The van der Waals surface area contributed by atoms with E-state index in [0.29, 0.717) is 36.0 Å². The van der Waals surface area contributed by atoms with Crippen LogP contribution >= 0.6 is 11.6 Å². The first-order chi connectivity index (χ1) is 12.8. The van der Waals surface area contributed by atoms with Crippen LogP contribution in [0.3, 0.4) is 0 Å². The number of aliphatic carboxylic acids is 1. The Balaban J connectivity index is 1.72. The Morgan fingerprint density at radius 2 is 2.04 bits per heavy atom. The Morgan fingerprint density at radius 3 is 2.67 bits per heavy atom. The van der Waals surface area contributed by atoms with Gasteiger partial charge in [0.15, 0.2) is 0 Å². The highest BCUT2D eigenvalue weighted by molar-refractivity contribution is 6.31. The van der Waals surface area contributed by atoms with Gasteiger partial charge in [-0.1, -0.05) is 18.5 Å². The molecule has 2 aliphatic heterocycles. The van der Waals surface area contributed by atoms with Crippen LogP contribution in [-0.2, 0) is 14.4 Å². The normalized spacial score (nSPS) is 25.6. The minimum absolute atomic E-state index is 0.0949. The van der Waals surface area contributed by atoms with Crippen molar-refractivity contribution in [2.24, 2.45) is 17.8 Å². The molecule has 8 heteroatoms. The topological polar surface area (TPSA) is 87.2 Å². The lowest BCUT2D eigenvalue weighted by atomic mass is 9.86. The van der Waals surface area contributed by atoms with Gasteiger partial charge in [0.1, 0.15) is 5.75 Å². The molecule has 2 amide bonds. The second-order valence-electron chi connectivity index (χ2n) is 7.22. The van der Waals surface area contributed by atoms with Crippen molar-refractivity contribution in [2.45, 2.75) is 19.8 Å². The van der Waals surface area contributed by atoms with E-state index in [9.17, 15) is 19.5 Å². The first-order valence-corrected chi connectivity index (χ1v) is 9.35. The molecular weight excluding hydrogens is 372 g/mol. The number of likely N-dealkylation sites (tertiary alicyclic amines) is 1. The third kappa shape index (κ3) is 3.88. The SMILES string of the molecule is COc1ccc(Cl)cc1N1CC(C(=O)N2CCC(C(=O)O)C(C)C2)CC1=O. The van der Waals surface area contributed by atoms with E-state index >= 15 is 0 Å². The number of piperidine rings is 1. The Morgan fingerprint density at radius 1 is 1.30 bits per heavy atom. The number of rotatable bonds is 4. The van der Waals surface area contributed by atoms with E-state index in [4.69, 9.17) is 16.3 Å². The van der Waals surface area contributed by atoms with Crippen LogP contribution in [0.4, 0.5) is 5.69 Å². The Bertz CT molecular complexity index is 768. The van der Waals surface area contributed by atoms with E-state index in [1.54, 1.807) is 28.0 Å². The maximum Gasteiger partial charge on any atom is 0.306 e. The van der Waals surface area contributed by atoms with Gasteiger partial charge in [-0.3, -0.25) is 14.4 Å². The first-order valence-electron chi connectivity index (χ1n) is 8.97. The van der Waals surface area contributed by atoms with Crippen molar-refractivity contribution in [1.82, 2.24) is 4.90 Å². The van der Waals surface area contributed by atoms with E-state index in [1.807, 2.05) is 6.92 Å². The van der Waals surface area contributed by atoms with Gasteiger partial charge in [-0.05, 0) is 30.5 Å². The van der Waals surface area contributed by atoms with Gasteiger partial charge in [0.25, 0.3) is 0 Å². The van der Waals surface area contributed by atoms with E-state index in [2.05, 4.69) is 0 Å². The Labute approximate surface area is 162 Å². The van der Waals surface area contributed by atoms with Crippen molar-refractivity contribution in [3.8, 4) is 5.75 Å². The minimum atomic E-state index is -0.815. The number of anilines is 1. The highest BCUT2D eigenvalue weighted by atomic mass is 35.5. The van der Waals surface area contributed by atoms with E-state index in [1.165, 1.54) is 7.11 Å². The van der Waals surface area contributed by atoms with Gasteiger partial charge in [-0.25, -0.2) is 0 Å². The highest BCUT2D eigenvalue weighted by Gasteiger charge is 2.40. The molecule has 7 nitrogen and oxygen atoms in total. The number of benzene rings is 1. The summed E-state index contributed by atoms with van der Waals surface area (Å²) in [5.74, 6) is -1.52. The summed E-state index contributed by atoms with van der Waals surface area (Å²) >= 11 is 6.06. The molecule has 0 aliphatic carbocycles. The van der Waals surface area contributed by atoms with Crippen molar-refractivity contribution in [3.05, 3.63) is 23.2 Å². The number of ether oxygens (including phenoxy) is 1. The zero-order valence-corrected chi connectivity index (χ0v) is 16.1. The number of carboxylic acid groups (broad SMARTS) is 1. The molecule has 146 valence electrons. The van der Waals surface area contributed by atoms with Crippen molar-refractivity contribution >= 4 is 35.1 Å². The summed E-state index contributed by atoms with van der Waals surface area (Å²) in [5, 5.41) is 9.72. The number of hydrogen-bond donors (Lipinski definition) is 1. The minimum Gasteiger partial charge on any atom is -0.495 e. The smallest absolute Gasteiger partial charge is 0.306 e. The number of amides is 2. The molecule has 2 heterocycles. The van der Waals surface area contributed by atoms with Gasteiger partial charge >= 0.3 is 5.97 Å². The summed E-state index contributed by atoms with van der Waals surface area (Å²) in [6, 6.07) is 5.03. The van der Waals surface area contributed by atoms with Crippen molar-refractivity contribution in [1.29, 1.82) is 0 Å². The van der Waals surface area contributed by atoms with Crippen LogP contribution in [0.1, 0.15) is 19.8 Å². The molecular formula is C19H23ClN2O5. The molecule has 0 aromatic heterocycles. The molecule has 3 rings (SSSR count). The van der Waals surface area contributed by atoms with Crippen LogP contribution in [-0.4, -0.2) is 54.5 Å². The van der Waals surface area contributed by atoms with E-state index < -0.39 is 17.8 Å². The standard InChI is InChI=1S/C19H23ClN2O5/c1-11-9-21(6-5-14(11)19(25)26)18(24)12-7-17(23)22(10-12)15-8-13(20)3-4-16(15)27-2/h3-4,8,11-12,14H,5-7,9-10H2,1-2H3,(H,25,26). The fourth-order valence-electron chi connectivity index (χ4n) is 3.95. The lowest BCUT2D eigenvalue weighted by Gasteiger charge is -2.36. The van der Waals surface area contributed by atoms with Crippen LogP contribution in [0.15, 0.2) is 18.2 Å². The molecule has 1 aromatic rings. The first kappa shape index (κ1) is 19.5. The highest BCUT2D eigenvalue weighted by Crippen LogP contribution is 2.36. The van der Waals surface area contributed by atoms with Gasteiger partial charge in [0.2, 0.25) is 11.8 Å². The van der Waals surface area contributed by atoms with Crippen LogP contribution in [0.25, 0.3) is 0 Å². The Kier molecular flexibility index (Phi) is 5.60. The summed E-state index contributed by atoms with van der Waals surface area (Å²) in [7, 11) is 1.52. The number of carbonyl (C=O) groups excluding carboxylic acids is 2. The summed E-state index contributed by atoms with van der Waals surface area (Å²) < 4.78 is 5.32. The molecule has 2 aliphatic rings. The van der Waals surface area contributed by atoms with Crippen LogP contribution in [0.2, 0.25) is 5.02 Å². The van der Waals surface area contributed by atoms with Crippen molar-refractivity contribution < 1.29 is 24.2 Å². The number of carbonyl (C=O) groups is 3. The second kappa shape index (κ2) is 7.76. The Hall–Kier alpha value is -2.28. The molecule has 0 bridgehead atoms. The quantitative estimate of drug-likeness (QED) is 0.846. The van der Waals surface area contributed by atoms with Crippen LogP contribution in [0, 0.1) is 17.8 Å². The van der Waals surface area contributed by atoms with Gasteiger partial charge < -0.3 is 19.6 Å². The predicted octanol–water partition coefficient (Wildman–Crippen LogP) is 2.27. The summed E-state index contributed by atoms with van der Waals surface area (Å²) in [5.41, 5.74) is 0.559. The maximum atomic E-state index is 12.9. The van der Waals surface area contributed by atoms with Gasteiger partial charge in [-0.2, -0.15) is 0 Å². The zero-order chi connectivity index (χ0) is 19.7. The molecule has 1 N–H and O–H groups in total. The average Bonchev–Trinajstić information content (AvgIpc) is 3.02. The third-order valence-corrected chi connectivity index (χ3v) is 5.68. The fraction of sp³-hybridized carbons (Fsp3) is 0.526. The number of carboxylic acids is 1. The number of methoxy groups -OCH3 is 1. The van der Waals surface area contributed by atoms with Crippen molar-refractivity contribution in [3.63, 3.8) is 0 Å². The molecule has 3 atom stereocenters. The second-order valence-corrected chi connectivity index (χ2v) is 7.65. The molecule has 2 saturated heterocycles. The lowest BCUT2D eigenvalue weighted by molar-refractivity contribution is -0.149. The van der Waals surface area contributed by atoms with E-state index in [-0.39, 0.29) is 30.7 Å². The molecule has 0 saturated carbocycles. The maximum absolute atomic E-state index is 12.9. The molecule has 2 fully saturated rings. The molecule has 0 spiro atoms. The third-order valence-electron chi connectivity index (χ3n) is 5.44. The van der Waals surface area contributed by atoms with Gasteiger partial charge in [0.05, 0.1) is 24.6 Å². The number of hydrogen-bond acceptors (Lipinski definition) is 4. The average molecular weight is 395 g/mol. The molecule has 3 unspecified atom stereocenters. The summed E-state index contributed by atoms with van der Waals surface area (Å²) in [6.45, 7) is 2.93. The molecule has 1 aromatic carbocycles. The monoisotopic (exact) mass is 394 g/mol. The van der Waals surface area contributed by atoms with Gasteiger partial charge in [0, 0.05) is 31.1 Å². The largest absolute Gasteiger partial charge is 0.495 e. The molecule has 0 radical (unpaired) electrons.